The zero-order chi connectivity index (χ0) is 5.98. The summed E-state index contributed by atoms with van der Waals surface area (Å²) in [4.78, 5) is 0. The van der Waals surface area contributed by atoms with Gasteiger partial charge in [0.1, 0.15) is 5.70 Å². The predicted octanol–water partition coefficient (Wildman–Crippen LogP) is -2.25. The van der Waals surface area contributed by atoms with E-state index < -0.39 is 0 Å². The van der Waals surface area contributed by atoms with Crippen molar-refractivity contribution in [1.29, 1.82) is 0 Å². The van der Waals surface area contributed by atoms with Crippen LogP contribution in [0.4, 0.5) is 0 Å². The normalized spacial score (nSPS) is 18.2. The average molecular weight is 116 g/mol. The second-order valence-corrected chi connectivity index (χ2v) is 1.75. The van der Waals surface area contributed by atoms with E-state index in [1.807, 2.05) is 18.3 Å². The maximum absolute atomic E-state index is 8.51. The molecule has 0 aromatic heterocycles. The molecule has 4 heteroatoms. The lowest BCUT2D eigenvalue weighted by Crippen LogP contribution is -2.96. The van der Waals surface area contributed by atoms with Crippen LogP contribution in [0, 0.1) is 0 Å². The third-order valence-electron chi connectivity index (χ3n) is 0.983. The second kappa shape index (κ2) is 2.02. The van der Waals surface area contributed by atoms with E-state index in [9.17, 15) is 0 Å². The van der Waals surface area contributed by atoms with E-state index >= 15 is 0 Å². The minimum atomic E-state index is 0.0842. The summed E-state index contributed by atoms with van der Waals surface area (Å²) in [5.74, 6) is 0. The van der Waals surface area contributed by atoms with Crippen molar-refractivity contribution in [2.24, 2.45) is 0 Å². The van der Waals surface area contributed by atoms with Gasteiger partial charge in [0.2, 0.25) is 0 Å². The number of hydrogen-bond donors (Lipinski definition) is 3. The molecular formula is C4H10N3O+. The Hall–Kier alpha value is -0.740. The summed E-state index contributed by atoms with van der Waals surface area (Å²) in [5.41, 5.74) is 5.49. The van der Waals surface area contributed by atoms with Crippen molar-refractivity contribution in [3.63, 3.8) is 0 Å². The summed E-state index contributed by atoms with van der Waals surface area (Å²) >= 11 is 0. The molecule has 0 aromatic carbocycles. The lowest BCUT2D eigenvalue weighted by Gasteiger charge is -1.99. The Labute approximate surface area is 47.7 Å². The summed E-state index contributed by atoms with van der Waals surface area (Å²) in [5, 5.41) is 10.4. The van der Waals surface area contributed by atoms with Crippen LogP contribution in [0.1, 0.15) is 0 Å². The van der Waals surface area contributed by atoms with Gasteiger partial charge in [0.15, 0.2) is 0 Å². The monoisotopic (exact) mass is 116 g/mol. The van der Waals surface area contributed by atoms with Crippen molar-refractivity contribution in [1.82, 2.24) is 10.4 Å². The number of rotatable bonds is 1. The summed E-state index contributed by atoms with van der Waals surface area (Å²) in [6.45, 7) is 0.0842. The van der Waals surface area contributed by atoms with E-state index in [0.717, 1.165) is 5.70 Å². The molecule has 8 heavy (non-hydrogen) atoms. The number of hydrogen-bond acceptors (Lipinski definition) is 3. The molecule has 0 radical (unpaired) electrons. The molecule has 1 rings (SSSR count). The highest BCUT2D eigenvalue weighted by atomic mass is 16.3. The van der Waals surface area contributed by atoms with Crippen LogP contribution in [-0.4, -0.2) is 23.8 Å². The first-order valence-electron chi connectivity index (χ1n) is 2.46. The maximum Gasteiger partial charge on any atom is 0.111 e. The van der Waals surface area contributed by atoms with Crippen molar-refractivity contribution < 1.29 is 10.6 Å². The topological polar surface area (TPSA) is 52.1 Å². The van der Waals surface area contributed by atoms with E-state index in [2.05, 4.69) is 5.43 Å². The van der Waals surface area contributed by atoms with Gasteiger partial charge < -0.3 is 5.11 Å². The van der Waals surface area contributed by atoms with Gasteiger partial charge in [-0.25, -0.2) is 10.4 Å². The summed E-state index contributed by atoms with van der Waals surface area (Å²) in [6, 6.07) is 0. The van der Waals surface area contributed by atoms with Crippen molar-refractivity contribution >= 4 is 0 Å². The Morgan fingerprint density at radius 1 is 2.00 bits per heavy atom. The molecule has 0 fully saturated rings. The van der Waals surface area contributed by atoms with Crippen LogP contribution in [0.15, 0.2) is 11.9 Å². The molecule has 0 spiro atoms. The van der Waals surface area contributed by atoms with Crippen LogP contribution in [0.2, 0.25) is 0 Å². The summed E-state index contributed by atoms with van der Waals surface area (Å²) in [7, 11) is 1.90. The molecule has 4 N–H and O–H groups in total. The highest BCUT2D eigenvalue weighted by molar-refractivity contribution is 4.95. The SMILES string of the molecule is CN1C=C(CO)N[NH2+]1. The standard InChI is InChI=1S/C4H9N3O/c1-7-2-4(3-8)5-6-7/h2,5-6,8H,3H2,1H3/p+1. The molecule has 0 amide bonds. The Kier molecular flexibility index (Phi) is 1.36. The Morgan fingerprint density at radius 2 is 2.75 bits per heavy atom. The molecule has 4 nitrogen and oxygen atoms in total. The minimum absolute atomic E-state index is 0.0842. The van der Waals surface area contributed by atoms with E-state index in [1.54, 1.807) is 5.53 Å². The molecule has 0 aliphatic carbocycles. The van der Waals surface area contributed by atoms with Crippen LogP contribution in [-0.2, 0) is 0 Å². The van der Waals surface area contributed by atoms with Crippen LogP contribution >= 0.6 is 0 Å². The van der Waals surface area contributed by atoms with Crippen molar-refractivity contribution in [2.75, 3.05) is 13.7 Å². The molecule has 0 bridgehead atoms. The van der Waals surface area contributed by atoms with Gasteiger partial charge in [0, 0.05) is 0 Å². The van der Waals surface area contributed by atoms with Gasteiger partial charge in [-0.05, 0) is 0 Å². The molecule has 1 aliphatic rings. The molecular weight excluding hydrogens is 106 g/mol. The van der Waals surface area contributed by atoms with Crippen LogP contribution in [0.25, 0.3) is 0 Å². The van der Waals surface area contributed by atoms with Gasteiger partial charge in [-0.2, -0.15) is 0 Å². The molecule has 0 atom stereocenters. The van der Waals surface area contributed by atoms with Crippen LogP contribution in [0.3, 0.4) is 0 Å². The lowest BCUT2D eigenvalue weighted by atomic mass is 10.5. The molecule has 0 unspecified atom stereocenters. The summed E-state index contributed by atoms with van der Waals surface area (Å²) in [6.07, 6.45) is 1.83. The number of aliphatic hydroxyl groups excluding tert-OH is 1. The highest BCUT2D eigenvalue weighted by Crippen LogP contribution is 1.86. The smallest absolute Gasteiger partial charge is 0.111 e. The fourth-order valence-corrected chi connectivity index (χ4v) is 0.592. The molecule has 0 saturated heterocycles. The van der Waals surface area contributed by atoms with E-state index in [4.69, 9.17) is 5.11 Å². The Bertz CT molecular complexity index is 112. The first-order valence-corrected chi connectivity index (χ1v) is 2.46. The molecule has 1 heterocycles. The van der Waals surface area contributed by atoms with Gasteiger partial charge in [-0.3, -0.25) is 0 Å². The average Bonchev–Trinajstić information content (AvgIpc) is 2.14. The van der Waals surface area contributed by atoms with Crippen molar-refractivity contribution in [3.05, 3.63) is 11.9 Å². The Balaban J connectivity index is 2.44. The zero-order valence-electron chi connectivity index (χ0n) is 4.76. The first-order chi connectivity index (χ1) is 3.83. The number of aliphatic hydroxyl groups is 1. The van der Waals surface area contributed by atoms with Crippen molar-refractivity contribution in [2.45, 2.75) is 0 Å². The highest BCUT2D eigenvalue weighted by Gasteiger charge is 2.07. The molecule has 1 aliphatic heterocycles. The number of nitrogens with two attached hydrogens (primary N) is 1. The van der Waals surface area contributed by atoms with Gasteiger partial charge in [0.05, 0.1) is 19.9 Å². The molecule has 46 valence electrons. The van der Waals surface area contributed by atoms with E-state index in [1.165, 1.54) is 0 Å². The van der Waals surface area contributed by atoms with Crippen LogP contribution < -0.4 is 11.0 Å². The molecule has 0 saturated carbocycles. The van der Waals surface area contributed by atoms with Crippen LogP contribution in [0.5, 0.6) is 0 Å². The largest absolute Gasteiger partial charge is 0.390 e. The van der Waals surface area contributed by atoms with E-state index in [-0.39, 0.29) is 6.61 Å². The Morgan fingerprint density at radius 3 is 3.00 bits per heavy atom. The number of quaternary nitrogens is 1. The van der Waals surface area contributed by atoms with Gasteiger partial charge >= 0.3 is 0 Å². The fourth-order valence-electron chi connectivity index (χ4n) is 0.592. The van der Waals surface area contributed by atoms with Gasteiger partial charge in [-0.1, -0.05) is 0 Å². The molecule has 0 aromatic rings. The first kappa shape index (κ1) is 5.40. The third-order valence-corrected chi connectivity index (χ3v) is 0.983. The predicted molar refractivity (Wildman–Crippen MR) is 28.0 cm³/mol. The maximum atomic E-state index is 8.51. The number of nitrogens with zero attached hydrogens (tertiary/aromatic N) is 1. The quantitative estimate of drug-likeness (QED) is 0.339. The fraction of sp³-hybridized carbons (Fsp3) is 0.500. The van der Waals surface area contributed by atoms with E-state index in [0.29, 0.717) is 0 Å². The van der Waals surface area contributed by atoms with Gasteiger partial charge in [0.25, 0.3) is 0 Å². The van der Waals surface area contributed by atoms with Crippen molar-refractivity contribution in [3.8, 4) is 0 Å². The van der Waals surface area contributed by atoms with Gasteiger partial charge in [-0.15, -0.1) is 5.53 Å². The zero-order valence-corrected chi connectivity index (χ0v) is 4.76. The third kappa shape index (κ3) is 0.907. The summed E-state index contributed by atoms with van der Waals surface area (Å²) < 4.78 is 0. The second-order valence-electron chi connectivity index (χ2n) is 1.75. The lowest BCUT2D eigenvalue weighted by molar-refractivity contribution is -0.818. The number of nitrogens with one attached hydrogen (secondary N) is 1. The minimum Gasteiger partial charge on any atom is -0.390 e.